The summed E-state index contributed by atoms with van der Waals surface area (Å²) in [4.78, 5) is 24.4. The lowest BCUT2D eigenvalue weighted by atomic mass is 9.81. The van der Waals surface area contributed by atoms with Gasteiger partial charge in [0, 0.05) is 60.3 Å². The molecule has 0 unspecified atom stereocenters. The molecule has 2 aromatic rings. The van der Waals surface area contributed by atoms with Gasteiger partial charge < -0.3 is 14.7 Å². The van der Waals surface area contributed by atoms with Gasteiger partial charge in [-0.1, -0.05) is 26.3 Å². The molecule has 0 fully saturated rings. The highest BCUT2D eigenvalue weighted by Gasteiger charge is 2.45. The van der Waals surface area contributed by atoms with Gasteiger partial charge in [0.1, 0.15) is 6.54 Å². The Bertz CT molecular complexity index is 1960. The van der Waals surface area contributed by atoms with Crippen LogP contribution in [-0.4, -0.2) is 73.5 Å². The van der Waals surface area contributed by atoms with Crippen molar-refractivity contribution >= 4 is 49.3 Å². The lowest BCUT2D eigenvalue weighted by Crippen LogP contribution is -2.28. The predicted molar refractivity (Wildman–Crippen MR) is 190 cm³/mol. The van der Waals surface area contributed by atoms with Crippen LogP contribution >= 0.6 is 0 Å². The van der Waals surface area contributed by atoms with Gasteiger partial charge in [-0.3, -0.25) is 18.7 Å². The number of ether oxygens (including phenoxy) is 1. The first-order valence-electron chi connectivity index (χ1n) is 16.6. The van der Waals surface area contributed by atoms with E-state index < -0.39 is 37.0 Å². The second kappa shape index (κ2) is 15.2. The summed E-state index contributed by atoms with van der Waals surface area (Å²) < 4.78 is 74.6. The Balaban J connectivity index is 1.73. The quantitative estimate of drug-likeness (QED) is 0.0778. The molecule has 3 N–H and O–H groups in total. The van der Waals surface area contributed by atoms with Crippen molar-refractivity contribution in [3.05, 3.63) is 71.5 Å². The van der Waals surface area contributed by atoms with Crippen LogP contribution in [0.25, 0.3) is 0 Å². The number of carbonyl (C=O) groups excluding carboxylic acids is 1. The Morgan fingerprint density at radius 2 is 1.42 bits per heavy atom. The number of aliphatic carboxylic acids is 1. The van der Waals surface area contributed by atoms with E-state index in [4.69, 9.17) is 9.84 Å². The Labute approximate surface area is 294 Å². The largest absolute Gasteiger partial charge is 0.481 e. The minimum Gasteiger partial charge on any atom is -0.481 e. The first kappa shape index (κ1) is 38.9. The van der Waals surface area contributed by atoms with Crippen LogP contribution in [0.4, 0.5) is 11.4 Å². The molecule has 0 atom stereocenters. The van der Waals surface area contributed by atoms with Crippen LogP contribution in [-0.2, 0) is 45.4 Å². The van der Waals surface area contributed by atoms with Crippen molar-refractivity contribution < 1.29 is 49.9 Å². The zero-order valence-corrected chi connectivity index (χ0v) is 30.8. The molecule has 0 spiro atoms. The number of unbranched alkanes of at least 4 members (excludes halogenated alkanes) is 4. The molecule has 0 amide bonds. The van der Waals surface area contributed by atoms with Crippen molar-refractivity contribution in [3.63, 3.8) is 0 Å². The number of nitrogens with zero attached hydrogens (tertiary/aromatic N) is 2. The molecule has 0 aliphatic carbocycles. The third-order valence-corrected chi connectivity index (χ3v) is 11.3. The van der Waals surface area contributed by atoms with E-state index in [2.05, 4.69) is 9.48 Å². The number of carbonyl (C=O) groups is 2. The lowest BCUT2D eigenvalue weighted by molar-refractivity contribution is -0.438. The highest BCUT2D eigenvalue weighted by atomic mass is 32.2. The van der Waals surface area contributed by atoms with E-state index in [1.807, 2.05) is 45.9 Å². The van der Waals surface area contributed by atoms with E-state index in [-0.39, 0.29) is 22.2 Å². The summed E-state index contributed by atoms with van der Waals surface area (Å²) in [6.45, 7) is 9.08. The summed E-state index contributed by atoms with van der Waals surface area (Å²) in [5.74, 6) is -1.11. The maximum atomic E-state index is 12.0. The molecule has 50 heavy (non-hydrogen) atoms. The van der Waals surface area contributed by atoms with Crippen molar-refractivity contribution in [1.82, 2.24) is 0 Å². The highest BCUT2D eigenvalue weighted by Crippen LogP contribution is 2.49. The second-order valence-corrected chi connectivity index (χ2v) is 16.6. The van der Waals surface area contributed by atoms with Gasteiger partial charge in [0.2, 0.25) is 5.69 Å². The molecule has 2 aromatic carbocycles. The molecule has 0 saturated heterocycles. The third kappa shape index (κ3) is 8.53. The number of benzene rings is 2. The lowest BCUT2D eigenvalue weighted by Gasteiger charge is -2.27. The Morgan fingerprint density at radius 1 is 0.820 bits per heavy atom. The van der Waals surface area contributed by atoms with Gasteiger partial charge in [0.25, 0.3) is 20.2 Å². The normalized spacial score (nSPS) is 17.4. The zero-order valence-electron chi connectivity index (χ0n) is 29.2. The number of rotatable bonds is 16. The molecule has 14 heteroatoms. The number of anilines is 1. The summed E-state index contributed by atoms with van der Waals surface area (Å²) >= 11 is 0. The average molecular weight is 732 g/mol. The Morgan fingerprint density at radius 3 is 2.04 bits per heavy atom. The minimum atomic E-state index is -4.44. The van der Waals surface area contributed by atoms with Gasteiger partial charge in [-0.05, 0) is 81.5 Å². The van der Waals surface area contributed by atoms with Gasteiger partial charge >= 0.3 is 11.9 Å². The molecule has 2 heterocycles. The Hall–Kier alpha value is -3.85. The average Bonchev–Trinajstić information content (AvgIpc) is 3.37. The maximum absolute atomic E-state index is 12.0. The molecule has 0 radical (unpaired) electrons. The van der Waals surface area contributed by atoms with Crippen molar-refractivity contribution in [2.24, 2.45) is 0 Å². The number of carboxylic acid groups (broad SMARTS) is 1. The zero-order chi connectivity index (χ0) is 37.1. The molecule has 2 aliphatic rings. The number of allylic oxidation sites excluding steroid dienone is 4. The van der Waals surface area contributed by atoms with Crippen LogP contribution in [0.3, 0.4) is 0 Å². The van der Waals surface area contributed by atoms with Gasteiger partial charge in [-0.2, -0.15) is 21.4 Å². The van der Waals surface area contributed by atoms with Crippen LogP contribution < -0.4 is 4.90 Å². The van der Waals surface area contributed by atoms with E-state index in [1.54, 1.807) is 12.1 Å². The molecule has 0 bridgehead atoms. The van der Waals surface area contributed by atoms with E-state index in [0.717, 1.165) is 46.8 Å². The fourth-order valence-electron chi connectivity index (χ4n) is 6.88. The molecule has 0 aromatic heterocycles. The Kier molecular flexibility index (Phi) is 11.8. The number of methoxy groups -OCH3 is 1. The highest BCUT2D eigenvalue weighted by molar-refractivity contribution is 7.86. The predicted octanol–water partition coefficient (Wildman–Crippen LogP) is 6.17. The summed E-state index contributed by atoms with van der Waals surface area (Å²) in [5, 5.41) is 9.05. The van der Waals surface area contributed by atoms with Crippen molar-refractivity contribution in [2.45, 2.75) is 99.7 Å². The van der Waals surface area contributed by atoms with E-state index in [1.165, 1.54) is 31.4 Å². The van der Waals surface area contributed by atoms with Crippen LogP contribution in [0.1, 0.15) is 90.2 Å². The van der Waals surface area contributed by atoms with Crippen LogP contribution in [0, 0.1) is 0 Å². The summed E-state index contributed by atoms with van der Waals surface area (Å²) in [6.07, 6.45) is 10.4. The smallest absolute Gasteiger partial charge is 0.305 e. The maximum Gasteiger partial charge on any atom is 0.305 e. The van der Waals surface area contributed by atoms with Crippen molar-refractivity contribution in [1.29, 1.82) is 0 Å². The topological polar surface area (TPSA) is 179 Å². The van der Waals surface area contributed by atoms with Gasteiger partial charge in [-0.25, -0.2) is 0 Å². The van der Waals surface area contributed by atoms with Crippen LogP contribution in [0.15, 0.2) is 70.1 Å². The van der Waals surface area contributed by atoms with Gasteiger partial charge in [0.05, 0.1) is 22.3 Å². The SMILES string of the molecule is COC(=O)CCCCCN1C(=CC=CC2=[N+](CCCCCC(=O)O)c3ccc(S(=O)(=O)O)cc3C2(C)C)C(C)(C)c2cc(S(=O)(=O)O)ccc21. The fourth-order valence-corrected chi connectivity index (χ4v) is 7.90. The fraction of sp³-hybridized carbons (Fsp3) is 0.472. The summed E-state index contributed by atoms with van der Waals surface area (Å²) in [7, 11) is -7.51. The first-order valence-corrected chi connectivity index (χ1v) is 19.5. The summed E-state index contributed by atoms with van der Waals surface area (Å²) in [6, 6.07) is 9.14. The molecule has 12 nitrogen and oxygen atoms in total. The molecular weight excluding hydrogens is 685 g/mol. The molecule has 4 rings (SSSR count). The number of fused-ring (bicyclic) bond motifs is 2. The van der Waals surface area contributed by atoms with E-state index in [0.29, 0.717) is 45.2 Å². The van der Waals surface area contributed by atoms with Crippen molar-refractivity contribution in [3.8, 4) is 0 Å². The second-order valence-electron chi connectivity index (χ2n) is 13.7. The number of hydrogen-bond acceptors (Lipinski definition) is 8. The van der Waals surface area contributed by atoms with Crippen molar-refractivity contribution in [2.75, 3.05) is 25.1 Å². The standard InChI is InChI=1S/C36H46N2O10S2/c1-35(2)27-23-25(49(42,43)44)17-19-29(27)37(21-10-6-8-15-33(39)40)31(35)13-12-14-32-36(3,4)28-24-26(50(45,46)47)18-20-30(28)38(32)22-11-7-9-16-34(41)48-5/h12-14,17-20,23-24H,6-11,15-16,21-22H2,1-5H3,(H2-,39,40,42,43,44,45,46,47)/p+1. The van der Waals surface area contributed by atoms with E-state index in [9.17, 15) is 35.5 Å². The molecular formula is C36H47N2O10S2+. The van der Waals surface area contributed by atoms with Gasteiger partial charge in [0.15, 0.2) is 5.71 Å². The first-order chi connectivity index (χ1) is 23.3. The number of esters is 1. The molecule has 0 saturated carbocycles. The van der Waals surface area contributed by atoms with E-state index >= 15 is 0 Å². The molecule has 2 aliphatic heterocycles. The van der Waals surface area contributed by atoms with Crippen LogP contribution in [0.2, 0.25) is 0 Å². The third-order valence-electron chi connectivity index (χ3n) is 9.59. The monoisotopic (exact) mass is 731 g/mol. The molecule has 272 valence electrons. The van der Waals surface area contributed by atoms with Crippen LogP contribution in [0.5, 0.6) is 0 Å². The summed E-state index contributed by atoms with van der Waals surface area (Å²) in [5.41, 5.74) is 3.54. The van der Waals surface area contributed by atoms with Gasteiger partial charge in [-0.15, -0.1) is 0 Å². The minimum absolute atomic E-state index is 0.0789. The number of carboxylic acids is 1. The number of hydrogen-bond donors (Lipinski definition) is 3.